The van der Waals surface area contributed by atoms with Gasteiger partial charge in [0.2, 0.25) is 11.8 Å². The van der Waals surface area contributed by atoms with Crippen LogP contribution in [0, 0.1) is 11.8 Å². The second kappa shape index (κ2) is 6.16. The Kier molecular flexibility index (Phi) is 4.69. The standard InChI is InChI=1S/C16H27N3O2/c1-10(2)12-8-20-14(18-12)7-17-16(5,6)15-19-13(9-21-15)11(3)4/h7,10-13H,8-9H2,1-6H3/t12-,13-/m1/s1. The largest absolute Gasteiger partial charge is 0.477 e. The van der Waals surface area contributed by atoms with Crippen molar-refractivity contribution in [1.29, 1.82) is 0 Å². The maximum Gasteiger partial charge on any atom is 0.227 e. The van der Waals surface area contributed by atoms with Crippen LogP contribution in [0.5, 0.6) is 0 Å². The SMILES string of the molecule is CC(C)[C@H]1COC(C=NC(C)(C)C2=N[C@@H](C(C)C)CO2)=N1. The van der Waals surface area contributed by atoms with E-state index in [4.69, 9.17) is 9.47 Å². The molecule has 2 aliphatic heterocycles. The molecule has 2 rings (SSSR count). The molecule has 0 aromatic heterocycles. The lowest BCUT2D eigenvalue weighted by atomic mass is 10.1. The Morgan fingerprint density at radius 3 is 2.14 bits per heavy atom. The zero-order valence-corrected chi connectivity index (χ0v) is 14.0. The van der Waals surface area contributed by atoms with Gasteiger partial charge in [0, 0.05) is 0 Å². The fourth-order valence-corrected chi connectivity index (χ4v) is 2.16. The van der Waals surface area contributed by atoms with Crippen LogP contribution in [0.15, 0.2) is 15.0 Å². The Labute approximate surface area is 127 Å². The molecule has 5 heteroatoms. The molecule has 0 saturated heterocycles. The molecule has 0 bridgehead atoms. The van der Waals surface area contributed by atoms with Gasteiger partial charge in [-0.1, -0.05) is 27.7 Å². The van der Waals surface area contributed by atoms with Gasteiger partial charge in [0.15, 0.2) is 0 Å². The van der Waals surface area contributed by atoms with Gasteiger partial charge in [0.1, 0.15) is 18.8 Å². The maximum absolute atomic E-state index is 5.72. The summed E-state index contributed by atoms with van der Waals surface area (Å²) in [5.41, 5.74) is -0.481. The first-order chi connectivity index (χ1) is 9.79. The Hall–Kier alpha value is -1.39. The molecule has 2 atom stereocenters. The topological polar surface area (TPSA) is 55.5 Å². The smallest absolute Gasteiger partial charge is 0.227 e. The van der Waals surface area contributed by atoms with Crippen LogP contribution >= 0.6 is 0 Å². The zero-order chi connectivity index (χ0) is 15.6. The van der Waals surface area contributed by atoms with E-state index in [1.54, 1.807) is 6.21 Å². The highest BCUT2D eigenvalue weighted by Crippen LogP contribution is 2.22. The molecule has 0 radical (unpaired) electrons. The summed E-state index contributed by atoms with van der Waals surface area (Å²) in [4.78, 5) is 13.7. The van der Waals surface area contributed by atoms with Crippen molar-refractivity contribution in [2.75, 3.05) is 13.2 Å². The van der Waals surface area contributed by atoms with E-state index in [1.165, 1.54) is 0 Å². The Balaban J connectivity index is 2.03. The minimum Gasteiger partial charge on any atom is -0.477 e. The molecular weight excluding hydrogens is 266 g/mol. The van der Waals surface area contributed by atoms with Crippen LogP contribution in [0.2, 0.25) is 0 Å². The second-order valence-corrected chi connectivity index (χ2v) is 6.96. The van der Waals surface area contributed by atoms with E-state index >= 15 is 0 Å². The van der Waals surface area contributed by atoms with Gasteiger partial charge < -0.3 is 9.47 Å². The number of hydrogen-bond donors (Lipinski definition) is 0. The third-order valence-corrected chi connectivity index (χ3v) is 3.93. The number of aliphatic imine (C=N–C) groups is 3. The Morgan fingerprint density at radius 2 is 1.62 bits per heavy atom. The minimum absolute atomic E-state index is 0.236. The molecule has 21 heavy (non-hydrogen) atoms. The zero-order valence-electron chi connectivity index (χ0n) is 14.0. The summed E-state index contributed by atoms with van der Waals surface area (Å²) >= 11 is 0. The highest BCUT2D eigenvalue weighted by molar-refractivity contribution is 6.27. The summed E-state index contributed by atoms with van der Waals surface area (Å²) in [5, 5.41) is 0. The van der Waals surface area contributed by atoms with Crippen molar-refractivity contribution in [2.45, 2.75) is 59.2 Å². The lowest BCUT2D eigenvalue weighted by Crippen LogP contribution is -2.30. The summed E-state index contributed by atoms with van der Waals surface area (Å²) in [7, 11) is 0. The van der Waals surface area contributed by atoms with Gasteiger partial charge in [-0.05, 0) is 25.7 Å². The maximum atomic E-state index is 5.72. The molecule has 0 unspecified atom stereocenters. The van der Waals surface area contributed by atoms with Crippen LogP contribution in [0.4, 0.5) is 0 Å². The summed E-state index contributed by atoms with van der Waals surface area (Å²) in [6, 6.07) is 0.472. The van der Waals surface area contributed by atoms with Crippen LogP contribution in [-0.2, 0) is 9.47 Å². The quantitative estimate of drug-likeness (QED) is 0.732. The van der Waals surface area contributed by atoms with Crippen LogP contribution in [-0.4, -0.2) is 48.8 Å². The van der Waals surface area contributed by atoms with Gasteiger partial charge in [-0.3, -0.25) is 4.99 Å². The molecule has 118 valence electrons. The van der Waals surface area contributed by atoms with Gasteiger partial charge in [0.05, 0.1) is 18.3 Å². The van der Waals surface area contributed by atoms with E-state index in [2.05, 4.69) is 42.7 Å². The molecule has 0 fully saturated rings. The second-order valence-electron chi connectivity index (χ2n) is 6.96. The highest BCUT2D eigenvalue weighted by atomic mass is 16.5. The first kappa shape index (κ1) is 16.0. The van der Waals surface area contributed by atoms with Crippen molar-refractivity contribution in [1.82, 2.24) is 0 Å². The summed E-state index contributed by atoms with van der Waals surface area (Å²) in [6.45, 7) is 13.9. The Bertz CT molecular complexity index is 464. The van der Waals surface area contributed by atoms with Crippen LogP contribution in [0.25, 0.3) is 0 Å². The fraction of sp³-hybridized carbons (Fsp3) is 0.812. The van der Waals surface area contributed by atoms with E-state index in [0.29, 0.717) is 36.8 Å². The van der Waals surface area contributed by atoms with Crippen molar-refractivity contribution in [2.24, 2.45) is 26.8 Å². The number of hydrogen-bond acceptors (Lipinski definition) is 5. The van der Waals surface area contributed by atoms with Gasteiger partial charge in [-0.15, -0.1) is 0 Å². The predicted molar refractivity (Wildman–Crippen MR) is 86.6 cm³/mol. The molecule has 2 heterocycles. The molecule has 5 nitrogen and oxygen atoms in total. The lowest BCUT2D eigenvalue weighted by molar-refractivity contribution is 0.275. The van der Waals surface area contributed by atoms with Crippen molar-refractivity contribution < 1.29 is 9.47 Å². The number of rotatable bonds is 5. The highest BCUT2D eigenvalue weighted by Gasteiger charge is 2.33. The fourth-order valence-electron chi connectivity index (χ4n) is 2.16. The number of nitrogens with zero attached hydrogens (tertiary/aromatic N) is 3. The molecule has 2 aliphatic rings. The van der Waals surface area contributed by atoms with E-state index in [-0.39, 0.29) is 12.1 Å². The molecule has 0 aliphatic carbocycles. The lowest BCUT2D eigenvalue weighted by Gasteiger charge is -2.18. The molecule has 0 aromatic rings. The summed E-state index contributed by atoms with van der Waals surface area (Å²) < 4.78 is 11.3. The van der Waals surface area contributed by atoms with Crippen molar-refractivity contribution >= 4 is 18.0 Å². The monoisotopic (exact) mass is 293 g/mol. The van der Waals surface area contributed by atoms with Crippen LogP contribution in [0.3, 0.4) is 0 Å². The average Bonchev–Trinajstić information content (AvgIpc) is 3.06. The Morgan fingerprint density at radius 1 is 1.05 bits per heavy atom. The first-order valence-electron chi connectivity index (χ1n) is 7.76. The van der Waals surface area contributed by atoms with E-state index < -0.39 is 5.54 Å². The van der Waals surface area contributed by atoms with Crippen LogP contribution < -0.4 is 0 Å². The average molecular weight is 293 g/mol. The molecule has 0 aromatic carbocycles. The van der Waals surface area contributed by atoms with E-state index in [0.717, 1.165) is 0 Å². The predicted octanol–water partition coefficient (Wildman–Crippen LogP) is 2.74. The van der Waals surface area contributed by atoms with E-state index in [1.807, 2.05) is 13.8 Å². The first-order valence-corrected chi connectivity index (χ1v) is 7.76. The molecule has 0 N–H and O–H groups in total. The molecule has 0 amide bonds. The molecular formula is C16H27N3O2. The van der Waals surface area contributed by atoms with Gasteiger partial charge in [-0.2, -0.15) is 0 Å². The normalized spacial score (nSPS) is 26.3. The number of ether oxygens (including phenoxy) is 2. The minimum atomic E-state index is -0.481. The summed E-state index contributed by atoms with van der Waals surface area (Å²) in [5.74, 6) is 2.28. The van der Waals surface area contributed by atoms with Gasteiger partial charge in [0.25, 0.3) is 0 Å². The van der Waals surface area contributed by atoms with Gasteiger partial charge >= 0.3 is 0 Å². The van der Waals surface area contributed by atoms with E-state index in [9.17, 15) is 0 Å². The van der Waals surface area contributed by atoms with Crippen molar-refractivity contribution in [3.8, 4) is 0 Å². The third kappa shape index (κ3) is 3.83. The van der Waals surface area contributed by atoms with Gasteiger partial charge in [-0.25, -0.2) is 9.98 Å². The third-order valence-electron chi connectivity index (χ3n) is 3.93. The van der Waals surface area contributed by atoms with Crippen molar-refractivity contribution in [3.63, 3.8) is 0 Å². The molecule has 0 spiro atoms. The van der Waals surface area contributed by atoms with Crippen LogP contribution in [0.1, 0.15) is 41.5 Å². The summed E-state index contributed by atoms with van der Waals surface area (Å²) in [6.07, 6.45) is 1.71. The van der Waals surface area contributed by atoms with Crippen molar-refractivity contribution in [3.05, 3.63) is 0 Å². The molecule has 0 saturated carbocycles.